The molecule has 0 saturated carbocycles. The lowest BCUT2D eigenvalue weighted by molar-refractivity contribution is -0.117. The number of nitrogens with one attached hydrogen (secondary N) is 1. The summed E-state index contributed by atoms with van der Waals surface area (Å²) in [5.41, 5.74) is 1.54. The van der Waals surface area contributed by atoms with Crippen LogP contribution in [-0.2, 0) is 16.2 Å². The summed E-state index contributed by atoms with van der Waals surface area (Å²) in [7, 11) is 0. The quantitative estimate of drug-likeness (QED) is 0.729. The Bertz CT molecular complexity index is 936. The summed E-state index contributed by atoms with van der Waals surface area (Å²) in [6.45, 7) is 1.62. The molecule has 138 valence electrons. The van der Waals surface area contributed by atoms with Crippen molar-refractivity contribution in [1.82, 2.24) is 5.32 Å². The summed E-state index contributed by atoms with van der Waals surface area (Å²) in [5.74, 6) is 0.00147. The molecular weight excluding hydrogens is 407 g/mol. The van der Waals surface area contributed by atoms with Crippen LogP contribution >= 0.6 is 35.0 Å². The molecule has 0 bridgehead atoms. The van der Waals surface area contributed by atoms with E-state index in [1.807, 2.05) is 12.1 Å². The number of hydrogen-bond acceptors (Lipinski definition) is 4. The lowest BCUT2D eigenvalue weighted by atomic mass is 10.2. The number of amides is 2. The monoisotopic (exact) mass is 420 g/mol. The van der Waals surface area contributed by atoms with Gasteiger partial charge in [-0.15, -0.1) is 0 Å². The van der Waals surface area contributed by atoms with Crippen LogP contribution in [-0.4, -0.2) is 17.0 Å². The molecule has 8 heteroatoms. The average Bonchev–Trinajstić information content (AvgIpc) is 2.94. The number of aliphatic imine (C=N–C) groups is 1. The van der Waals surface area contributed by atoms with E-state index in [0.717, 1.165) is 22.9 Å². The molecule has 1 N–H and O–H groups in total. The summed E-state index contributed by atoms with van der Waals surface area (Å²) in [6, 6.07) is 12.5. The zero-order chi connectivity index (χ0) is 19.4. The van der Waals surface area contributed by atoms with Crippen molar-refractivity contribution in [2.24, 2.45) is 4.99 Å². The highest BCUT2D eigenvalue weighted by Crippen LogP contribution is 2.29. The molecule has 2 aromatic carbocycles. The predicted octanol–water partition coefficient (Wildman–Crippen LogP) is 4.68. The van der Waals surface area contributed by atoms with Gasteiger partial charge in [-0.05, 0) is 47.7 Å². The zero-order valence-corrected chi connectivity index (χ0v) is 16.5. The second-order valence-electron chi connectivity index (χ2n) is 5.57. The van der Waals surface area contributed by atoms with Gasteiger partial charge in [-0.25, -0.2) is 0 Å². The van der Waals surface area contributed by atoms with E-state index in [0.29, 0.717) is 20.7 Å². The van der Waals surface area contributed by atoms with Gasteiger partial charge in [-0.2, -0.15) is 4.99 Å². The average molecular weight is 421 g/mol. The van der Waals surface area contributed by atoms with Crippen molar-refractivity contribution >= 4 is 58.0 Å². The number of carbonyl (C=O) groups is 2. The van der Waals surface area contributed by atoms with Crippen LogP contribution in [0.15, 0.2) is 52.4 Å². The Morgan fingerprint density at radius 1 is 1.19 bits per heavy atom. The smallest absolute Gasteiger partial charge is 0.286 e. The van der Waals surface area contributed by atoms with Crippen LogP contribution in [0.3, 0.4) is 0 Å². The Labute approximate surface area is 170 Å². The predicted molar refractivity (Wildman–Crippen MR) is 109 cm³/mol. The van der Waals surface area contributed by atoms with Gasteiger partial charge in [0.1, 0.15) is 12.4 Å². The lowest BCUT2D eigenvalue weighted by Crippen LogP contribution is -2.23. The normalized spacial score (nSPS) is 15.0. The fourth-order valence-electron chi connectivity index (χ4n) is 2.25. The van der Waals surface area contributed by atoms with Crippen LogP contribution in [0.1, 0.15) is 18.1 Å². The highest BCUT2D eigenvalue weighted by Gasteiger charge is 2.22. The molecule has 0 saturated heterocycles. The van der Waals surface area contributed by atoms with Crippen molar-refractivity contribution in [3.63, 3.8) is 0 Å². The highest BCUT2D eigenvalue weighted by molar-refractivity contribution is 8.18. The van der Waals surface area contributed by atoms with Crippen LogP contribution in [0, 0.1) is 0 Å². The maximum absolute atomic E-state index is 11.9. The summed E-state index contributed by atoms with van der Waals surface area (Å²) in [4.78, 5) is 27.2. The molecule has 0 atom stereocenters. The molecule has 2 amide bonds. The van der Waals surface area contributed by atoms with Gasteiger partial charge in [-0.1, -0.05) is 41.4 Å². The molecule has 2 aromatic rings. The van der Waals surface area contributed by atoms with E-state index in [2.05, 4.69) is 10.3 Å². The van der Waals surface area contributed by atoms with Gasteiger partial charge in [-0.3, -0.25) is 9.59 Å². The fourth-order valence-corrected chi connectivity index (χ4v) is 3.62. The van der Waals surface area contributed by atoms with Gasteiger partial charge in [0.05, 0.1) is 4.91 Å². The topological polar surface area (TPSA) is 67.8 Å². The number of rotatable bonds is 4. The third kappa shape index (κ3) is 5.13. The van der Waals surface area contributed by atoms with Crippen molar-refractivity contribution in [2.45, 2.75) is 13.5 Å². The first kappa shape index (κ1) is 19.5. The molecule has 0 spiro atoms. The lowest BCUT2D eigenvalue weighted by Gasteiger charge is -2.09. The zero-order valence-electron chi connectivity index (χ0n) is 14.2. The molecule has 3 rings (SSSR count). The minimum absolute atomic E-state index is 0.251. The Balaban J connectivity index is 1.64. The van der Waals surface area contributed by atoms with Gasteiger partial charge in [0.2, 0.25) is 5.91 Å². The second-order valence-corrected chi connectivity index (χ2v) is 7.42. The van der Waals surface area contributed by atoms with E-state index in [1.165, 1.54) is 6.92 Å². The van der Waals surface area contributed by atoms with Gasteiger partial charge >= 0.3 is 0 Å². The van der Waals surface area contributed by atoms with E-state index in [4.69, 9.17) is 27.9 Å². The molecule has 1 heterocycles. The van der Waals surface area contributed by atoms with Gasteiger partial charge in [0.15, 0.2) is 5.17 Å². The third-order valence-corrected chi connectivity index (χ3v) is 5.13. The minimum Gasteiger partial charge on any atom is -0.489 e. The van der Waals surface area contributed by atoms with Gasteiger partial charge < -0.3 is 10.1 Å². The number of halogens is 2. The van der Waals surface area contributed by atoms with Crippen molar-refractivity contribution in [3.8, 4) is 5.75 Å². The Kier molecular flexibility index (Phi) is 6.21. The van der Waals surface area contributed by atoms with Crippen molar-refractivity contribution in [3.05, 3.63) is 68.5 Å². The number of nitrogens with zero attached hydrogens (tertiary/aromatic N) is 1. The minimum atomic E-state index is -0.377. The maximum atomic E-state index is 11.9. The first-order valence-corrected chi connectivity index (χ1v) is 9.45. The van der Waals surface area contributed by atoms with Crippen LogP contribution in [0.5, 0.6) is 5.75 Å². The molecule has 0 unspecified atom stereocenters. The Morgan fingerprint density at radius 3 is 2.48 bits per heavy atom. The van der Waals surface area contributed by atoms with E-state index in [1.54, 1.807) is 36.4 Å². The maximum Gasteiger partial charge on any atom is 0.286 e. The van der Waals surface area contributed by atoms with Crippen molar-refractivity contribution < 1.29 is 14.3 Å². The largest absolute Gasteiger partial charge is 0.489 e. The summed E-state index contributed by atoms with van der Waals surface area (Å²) in [6.07, 6.45) is 1.71. The Morgan fingerprint density at radius 2 is 1.85 bits per heavy atom. The molecule has 0 aromatic heterocycles. The molecular formula is C19H14Cl2N2O3S. The first-order chi connectivity index (χ1) is 12.9. The number of benzene rings is 2. The van der Waals surface area contributed by atoms with Gasteiger partial charge in [0.25, 0.3) is 5.91 Å². The standard InChI is InChI=1S/C19H14Cl2N2O3S/c1-11(24)22-19-23-18(25)17(27-19)9-12-5-7-13(8-6-12)26-10-14-15(20)3-2-4-16(14)21/h2-9H,10H2,1H3,(H,22,23,24,25)/b17-9+. The van der Waals surface area contributed by atoms with E-state index in [-0.39, 0.29) is 23.6 Å². The number of hydrogen-bond donors (Lipinski definition) is 1. The molecule has 27 heavy (non-hydrogen) atoms. The highest BCUT2D eigenvalue weighted by atomic mass is 35.5. The molecule has 5 nitrogen and oxygen atoms in total. The number of amidine groups is 1. The third-order valence-electron chi connectivity index (χ3n) is 3.53. The van der Waals surface area contributed by atoms with Crippen LogP contribution in [0.25, 0.3) is 6.08 Å². The van der Waals surface area contributed by atoms with Gasteiger partial charge in [0, 0.05) is 22.5 Å². The summed E-state index contributed by atoms with van der Waals surface area (Å²) in [5, 5.41) is 3.90. The van der Waals surface area contributed by atoms with Crippen molar-refractivity contribution in [1.29, 1.82) is 0 Å². The molecule has 0 fully saturated rings. The molecule has 0 radical (unpaired) electrons. The van der Waals surface area contributed by atoms with E-state index < -0.39 is 0 Å². The van der Waals surface area contributed by atoms with E-state index in [9.17, 15) is 9.59 Å². The molecule has 1 aliphatic rings. The van der Waals surface area contributed by atoms with Crippen molar-refractivity contribution in [2.75, 3.05) is 0 Å². The van der Waals surface area contributed by atoms with E-state index >= 15 is 0 Å². The summed E-state index contributed by atoms with van der Waals surface area (Å²) < 4.78 is 5.73. The first-order valence-electron chi connectivity index (χ1n) is 7.88. The van der Waals surface area contributed by atoms with Crippen LogP contribution < -0.4 is 10.1 Å². The number of carbonyl (C=O) groups excluding carboxylic acids is 2. The number of thioether (sulfide) groups is 1. The summed E-state index contributed by atoms with van der Waals surface area (Å²) >= 11 is 13.4. The fraction of sp³-hybridized carbons (Fsp3) is 0.105. The molecule has 1 aliphatic heterocycles. The van der Waals surface area contributed by atoms with Crippen LogP contribution in [0.4, 0.5) is 0 Å². The van der Waals surface area contributed by atoms with Crippen LogP contribution in [0.2, 0.25) is 10.0 Å². The SMILES string of the molecule is CC(=O)NC1=NC(=O)/C(=C\c2ccc(OCc3c(Cl)cccc3Cl)cc2)S1. The second kappa shape index (κ2) is 8.61. The Hall–Kier alpha value is -2.28. The number of ether oxygens (including phenoxy) is 1. The molecule has 0 aliphatic carbocycles.